The van der Waals surface area contributed by atoms with E-state index in [2.05, 4.69) is 15.2 Å². The Kier molecular flexibility index (Phi) is 4.17. The number of piperidine rings is 1. The van der Waals surface area contributed by atoms with E-state index in [1.54, 1.807) is 4.90 Å². The number of carbonyl (C=O) groups excluding carboxylic acids is 2. The minimum atomic E-state index is -0.0317. The van der Waals surface area contributed by atoms with Crippen LogP contribution in [0.2, 0.25) is 0 Å². The molecule has 3 heterocycles. The van der Waals surface area contributed by atoms with Gasteiger partial charge in [0.15, 0.2) is 5.65 Å². The zero-order valence-corrected chi connectivity index (χ0v) is 15.6. The van der Waals surface area contributed by atoms with Crippen molar-refractivity contribution in [3.05, 3.63) is 23.0 Å². The molecule has 0 aromatic carbocycles. The van der Waals surface area contributed by atoms with Gasteiger partial charge < -0.3 is 9.80 Å². The number of aryl methyl sites for hydroxylation is 2. The van der Waals surface area contributed by atoms with Gasteiger partial charge in [-0.25, -0.2) is 4.98 Å². The Morgan fingerprint density at radius 3 is 2.77 bits per heavy atom. The molecule has 4 rings (SSSR count). The van der Waals surface area contributed by atoms with E-state index in [0.29, 0.717) is 17.8 Å². The Hall–Kier alpha value is -2.44. The summed E-state index contributed by atoms with van der Waals surface area (Å²) in [5.41, 5.74) is 2.83. The fourth-order valence-electron chi connectivity index (χ4n) is 3.88. The smallest absolute Gasteiger partial charge is 0.254 e. The Morgan fingerprint density at radius 2 is 2.04 bits per heavy atom. The third-order valence-electron chi connectivity index (χ3n) is 5.57. The van der Waals surface area contributed by atoms with Crippen molar-refractivity contribution < 1.29 is 9.59 Å². The summed E-state index contributed by atoms with van der Waals surface area (Å²) in [6, 6.07) is 1.88. The highest BCUT2D eigenvalue weighted by molar-refractivity contribution is 6.06. The van der Waals surface area contributed by atoms with Gasteiger partial charge in [-0.05, 0) is 45.6 Å². The number of aromatic nitrogens is 3. The molecule has 0 radical (unpaired) electrons. The summed E-state index contributed by atoms with van der Waals surface area (Å²) in [6.07, 6.45) is 3.90. The van der Waals surface area contributed by atoms with Crippen molar-refractivity contribution in [2.75, 3.05) is 20.1 Å². The highest BCUT2D eigenvalue weighted by atomic mass is 16.2. The number of nitrogens with zero attached hydrogens (tertiary/aromatic N) is 4. The van der Waals surface area contributed by atoms with Crippen LogP contribution >= 0.6 is 0 Å². The molecule has 138 valence electrons. The van der Waals surface area contributed by atoms with E-state index >= 15 is 0 Å². The zero-order chi connectivity index (χ0) is 18.4. The van der Waals surface area contributed by atoms with Crippen LogP contribution in [0.15, 0.2) is 6.07 Å². The van der Waals surface area contributed by atoms with E-state index in [1.165, 1.54) is 0 Å². The van der Waals surface area contributed by atoms with Crippen molar-refractivity contribution in [1.82, 2.24) is 25.0 Å². The predicted octanol–water partition coefficient (Wildman–Crippen LogP) is 2.05. The predicted molar refractivity (Wildman–Crippen MR) is 97.8 cm³/mol. The first-order valence-electron chi connectivity index (χ1n) is 9.34. The molecule has 1 saturated heterocycles. The minimum Gasteiger partial charge on any atom is -0.340 e. The Bertz CT molecular complexity index is 870. The fraction of sp³-hybridized carbons (Fsp3) is 0.579. The van der Waals surface area contributed by atoms with Crippen molar-refractivity contribution in [3.8, 4) is 0 Å². The third kappa shape index (κ3) is 2.95. The first-order valence-corrected chi connectivity index (χ1v) is 9.34. The van der Waals surface area contributed by atoms with Gasteiger partial charge in [-0.2, -0.15) is 5.10 Å². The number of pyridine rings is 1. The second-order valence-corrected chi connectivity index (χ2v) is 7.63. The van der Waals surface area contributed by atoms with Crippen molar-refractivity contribution >= 4 is 22.8 Å². The van der Waals surface area contributed by atoms with E-state index in [-0.39, 0.29) is 23.8 Å². The van der Waals surface area contributed by atoms with Crippen LogP contribution in [0, 0.1) is 19.8 Å². The van der Waals surface area contributed by atoms with Crippen molar-refractivity contribution in [2.45, 2.75) is 45.6 Å². The molecule has 1 N–H and O–H groups in total. The fourth-order valence-corrected chi connectivity index (χ4v) is 3.88. The molecule has 0 spiro atoms. The summed E-state index contributed by atoms with van der Waals surface area (Å²) < 4.78 is 0. The van der Waals surface area contributed by atoms with Crippen molar-refractivity contribution in [1.29, 1.82) is 0 Å². The summed E-state index contributed by atoms with van der Waals surface area (Å²) in [6.45, 7) is 5.22. The van der Waals surface area contributed by atoms with Crippen LogP contribution in [0.3, 0.4) is 0 Å². The van der Waals surface area contributed by atoms with Crippen LogP contribution in [0.4, 0.5) is 0 Å². The van der Waals surface area contributed by atoms with Crippen molar-refractivity contribution in [3.63, 3.8) is 0 Å². The zero-order valence-electron chi connectivity index (χ0n) is 15.6. The van der Waals surface area contributed by atoms with Gasteiger partial charge >= 0.3 is 0 Å². The monoisotopic (exact) mass is 355 g/mol. The molecule has 1 aliphatic heterocycles. The maximum Gasteiger partial charge on any atom is 0.254 e. The van der Waals surface area contributed by atoms with Gasteiger partial charge in [-0.3, -0.25) is 14.7 Å². The lowest BCUT2D eigenvalue weighted by molar-refractivity contribution is -0.134. The van der Waals surface area contributed by atoms with Crippen LogP contribution in [0.25, 0.3) is 11.0 Å². The minimum absolute atomic E-state index is 0.0317. The number of amides is 2. The molecular formula is C19H25N5O2. The van der Waals surface area contributed by atoms with Gasteiger partial charge in [-0.1, -0.05) is 0 Å². The van der Waals surface area contributed by atoms with Crippen molar-refractivity contribution in [2.24, 2.45) is 5.92 Å². The van der Waals surface area contributed by atoms with E-state index < -0.39 is 0 Å². The molecule has 2 fully saturated rings. The lowest BCUT2D eigenvalue weighted by Gasteiger charge is -2.38. The molecule has 1 saturated carbocycles. The summed E-state index contributed by atoms with van der Waals surface area (Å²) in [5.74, 6) is 0.463. The number of likely N-dealkylation sites (N-methyl/N-ethyl adjacent to an activating group) is 1. The SMILES string of the molecule is Cc1cc(C(=O)N(C)C2CCCN(C(=O)C3CC3)C2)c2c(C)[nH]nc2n1. The quantitative estimate of drug-likeness (QED) is 0.913. The maximum absolute atomic E-state index is 13.2. The largest absolute Gasteiger partial charge is 0.340 e. The van der Waals surface area contributed by atoms with Gasteiger partial charge in [0.1, 0.15) is 0 Å². The second kappa shape index (κ2) is 6.37. The normalized spacial score (nSPS) is 20.4. The van der Waals surface area contributed by atoms with Crippen LogP contribution in [0.5, 0.6) is 0 Å². The van der Waals surface area contributed by atoms with E-state index in [4.69, 9.17) is 0 Å². The Labute approximate surface area is 152 Å². The molecule has 2 aliphatic rings. The molecule has 2 amide bonds. The first-order chi connectivity index (χ1) is 12.5. The van der Waals surface area contributed by atoms with E-state index in [9.17, 15) is 9.59 Å². The lowest BCUT2D eigenvalue weighted by atomic mass is 10.0. The molecule has 26 heavy (non-hydrogen) atoms. The van der Waals surface area contributed by atoms with E-state index in [0.717, 1.165) is 49.0 Å². The Balaban J connectivity index is 1.58. The van der Waals surface area contributed by atoms with Gasteiger partial charge in [-0.15, -0.1) is 0 Å². The van der Waals surface area contributed by atoms with Gasteiger partial charge in [0.2, 0.25) is 5.91 Å². The molecule has 2 aromatic rings. The van der Waals surface area contributed by atoms with E-state index in [1.807, 2.05) is 31.9 Å². The Morgan fingerprint density at radius 1 is 1.27 bits per heavy atom. The highest BCUT2D eigenvalue weighted by Crippen LogP contribution is 2.32. The maximum atomic E-state index is 13.2. The number of nitrogens with one attached hydrogen (secondary N) is 1. The van der Waals surface area contributed by atoms with Crippen LogP contribution in [-0.4, -0.2) is 63.0 Å². The number of H-pyrrole nitrogens is 1. The topological polar surface area (TPSA) is 82.2 Å². The molecular weight excluding hydrogens is 330 g/mol. The first kappa shape index (κ1) is 17.0. The van der Waals surface area contributed by atoms with Crippen LogP contribution in [0.1, 0.15) is 47.4 Å². The average Bonchev–Trinajstić information content (AvgIpc) is 3.43. The summed E-state index contributed by atoms with van der Waals surface area (Å²) in [7, 11) is 1.84. The highest BCUT2D eigenvalue weighted by Gasteiger charge is 2.37. The number of likely N-dealkylation sites (tertiary alicyclic amines) is 1. The average molecular weight is 355 g/mol. The number of rotatable bonds is 3. The van der Waals surface area contributed by atoms with Gasteiger partial charge in [0, 0.05) is 43.5 Å². The number of hydrogen-bond acceptors (Lipinski definition) is 4. The molecule has 1 unspecified atom stereocenters. The molecule has 1 aliphatic carbocycles. The third-order valence-corrected chi connectivity index (χ3v) is 5.57. The van der Waals surface area contributed by atoms with Gasteiger partial charge in [0.05, 0.1) is 10.9 Å². The number of fused-ring (bicyclic) bond motifs is 1. The molecule has 1 atom stereocenters. The number of aromatic amines is 1. The summed E-state index contributed by atoms with van der Waals surface area (Å²) >= 11 is 0. The standard InChI is InChI=1S/C19H25N5O2/c1-11-9-15(16-12(2)21-22-17(16)20-11)19(26)23(3)14-5-4-8-24(10-14)18(25)13-6-7-13/h9,13-14H,4-8,10H2,1-3H3,(H,20,21,22). The second-order valence-electron chi connectivity index (χ2n) is 7.63. The molecule has 0 bridgehead atoms. The molecule has 2 aromatic heterocycles. The molecule has 7 heteroatoms. The van der Waals surface area contributed by atoms with Crippen LogP contribution in [-0.2, 0) is 4.79 Å². The summed E-state index contributed by atoms with van der Waals surface area (Å²) in [5, 5.41) is 7.90. The number of carbonyl (C=O) groups is 2. The number of hydrogen-bond donors (Lipinski definition) is 1. The molecule has 7 nitrogen and oxygen atoms in total. The summed E-state index contributed by atoms with van der Waals surface area (Å²) in [4.78, 5) is 33.8. The lowest BCUT2D eigenvalue weighted by Crippen LogP contribution is -2.50. The van der Waals surface area contributed by atoms with Gasteiger partial charge in [0.25, 0.3) is 5.91 Å². The van der Waals surface area contributed by atoms with Crippen LogP contribution < -0.4 is 0 Å².